The van der Waals surface area contributed by atoms with E-state index in [-0.39, 0.29) is 24.9 Å². The van der Waals surface area contributed by atoms with Crippen LogP contribution in [0, 0.1) is 12.7 Å². The highest BCUT2D eigenvalue weighted by Crippen LogP contribution is 2.26. The van der Waals surface area contributed by atoms with E-state index >= 15 is 0 Å². The van der Waals surface area contributed by atoms with Crippen LogP contribution in [0.4, 0.5) is 10.1 Å². The molecule has 40 heavy (non-hydrogen) atoms. The number of halogens is 2. The number of nitrogens with one attached hydrogen (secondary N) is 1. The molecule has 2 amide bonds. The summed E-state index contributed by atoms with van der Waals surface area (Å²) >= 11 is 6.09. The van der Waals surface area contributed by atoms with Crippen molar-refractivity contribution in [3.63, 3.8) is 0 Å². The Kier molecular flexibility index (Phi) is 10.7. The molecule has 0 aliphatic carbocycles. The van der Waals surface area contributed by atoms with E-state index in [2.05, 4.69) is 5.32 Å². The lowest BCUT2D eigenvalue weighted by molar-refractivity contribution is -0.140. The van der Waals surface area contributed by atoms with Crippen LogP contribution in [-0.2, 0) is 32.6 Å². The highest BCUT2D eigenvalue weighted by molar-refractivity contribution is 7.92. The van der Waals surface area contributed by atoms with Crippen molar-refractivity contribution in [3.05, 3.63) is 100 Å². The van der Waals surface area contributed by atoms with Gasteiger partial charge in [0, 0.05) is 24.0 Å². The molecule has 0 radical (unpaired) electrons. The average Bonchev–Trinajstić information content (AvgIpc) is 2.90. The van der Waals surface area contributed by atoms with Gasteiger partial charge in [0.1, 0.15) is 18.4 Å². The number of nitrogens with zero attached hydrogens (tertiary/aromatic N) is 2. The maximum absolute atomic E-state index is 14.1. The van der Waals surface area contributed by atoms with Crippen molar-refractivity contribution in [1.82, 2.24) is 10.2 Å². The molecule has 2 atom stereocenters. The number of carbonyl (C=O) groups is 2. The van der Waals surface area contributed by atoms with E-state index in [0.717, 1.165) is 16.1 Å². The summed E-state index contributed by atoms with van der Waals surface area (Å²) < 4.78 is 40.5. The molecule has 0 aliphatic rings. The van der Waals surface area contributed by atoms with Gasteiger partial charge in [-0.15, -0.1) is 0 Å². The number of hydrogen-bond acceptors (Lipinski definition) is 4. The predicted octanol–water partition coefficient (Wildman–Crippen LogP) is 5.11. The molecule has 0 spiro atoms. The van der Waals surface area contributed by atoms with Crippen molar-refractivity contribution >= 4 is 39.1 Å². The van der Waals surface area contributed by atoms with Crippen LogP contribution in [-0.4, -0.2) is 50.0 Å². The van der Waals surface area contributed by atoms with E-state index in [1.165, 1.54) is 17.0 Å². The number of benzene rings is 3. The topological polar surface area (TPSA) is 86.8 Å². The molecule has 0 fully saturated rings. The molecule has 3 rings (SSSR count). The van der Waals surface area contributed by atoms with E-state index in [1.807, 2.05) is 44.2 Å². The molecular weight excluding hydrogens is 553 g/mol. The van der Waals surface area contributed by atoms with Crippen LogP contribution in [0.5, 0.6) is 0 Å². The lowest BCUT2D eigenvalue weighted by atomic mass is 10.0. The summed E-state index contributed by atoms with van der Waals surface area (Å²) in [7, 11) is -3.90. The standard InChI is InChI=1S/C30H35ClFN3O4S/c1-5-22(3)33-30(37)28(18-23-9-7-6-8-10-23)34(19-24-11-14-26(32)15-12-24)29(36)20-35(40(4,38)39)27-16-13-25(31)17-21(27)2/h6-17,22,28H,5,18-20H2,1-4H3,(H,33,37)/t22-,28-/m0/s1. The summed E-state index contributed by atoms with van der Waals surface area (Å²) in [6.45, 7) is 4.96. The van der Waals surface area contributed by atoms with E-state index in [9.17, 15) is 22.4 Å². The van der Waals surface area contributed by atoms with Gasteiger partial charge in [-0.05, 0) is 67.3 Å². The Bertz CT molecular complexity index is 1420. The van der Waals surface area contributed by atoms with Gasteiger partial charge in [0.15, 0.2) is 0 Å². The second-order valence-electron chi connectivity index (χ2n) is 9.87. The molecule has 3 aromatic carbocycles. The third-order valence-electron chi connectivity index (χ3n) is 6.65. The maximum Gasteiger partial charge on any atom is 0.244 e. The number of hydrogen-bond donors (Lipinski definition) is 1. The number of amides is 2. The average molecular weight is 588 g/mol. The van der Waals surface area contributed by atoms with Gasteiger partial charge in [-0.2, -0.15) is 0 Å². The van der Waals surface area contributed by atoms with Crippen LogP contribution in [0.2, 0.25) is 5.02 Å². The lowest BCUT2D eigenvalue weighted by Gasteiger charge is -2.34. The number of anilines is 1. The molecule has 10 heteroatoms. The minimum Gasteiger partial charge on any atom is -0.352 e. The summed E-state index contributed by atoms with van der Waals surface area (Å²) in [5.74, 6) is -1.37. The lowest BCUT2D eigenvalue weighted by Crippen LogP contribution is -2.54. The smallest absolute Gasteiger partial charge is 0.244 e. The zero-order chi connectivity index (χ0) is 29.4. The van der Waals surface area contributed by atoms with Crippen LogP contribution in [0.3, 0.4) is 0 Å². The minimum atomic E-state index is -3.90. The zero-order valence-electron chi connectivity index (χ0n) is 23.1. The van der Waals surface area contributed by atoms with Gasteiger partial charge >= 0.3 is 0 Å². The molecule has 1 N–H and O–H groups in total. The summed E-state index contributed by atoms with van der Waals surface area (Å²) in [5.41, 5.74) is 2.31. The molecule has 0 saturated heterocycles. The van der Waals surface area contributed by atoms with Gasteiger partial charge in [-0.25, -0.2) is 12.8 Å². The summed E-state index contributed by atoms with van der Waals surface area (Å²) in [4.78, 5) is 29.1. The first-order valence-corrected chi connectivity index (χ1v) is 15.2. The molecule has 3 aromatic rings. The monoisotopic (exact) mass is 587 g/mol. The Morgan fingerprint density at radius 1 is 1.00 bits per heavy atom. The Labute approximate surface area is 241 Å². The largest absolute Gasteiger partial charge is 0.352 e. The van der Waals surface area contributed by atoms with Crippen molar-refractivity contribution < 1.29 is 22.4 Å². The molecule has 7 nitrogen and oxygen atoms in total. The van der Waals surface area contributed by atoms with E-state index in [4.69, 9.17) is 11.6 Å². The Morgan fingerprint density at radius 3 is 2.23 bits per heavy atom. The van der Waals surface area contributed by atoms with Gasteiger partial charge in [0.2, 0.25) is 21.8 Å². The summed E-state index contributed by atoms with van der Waals surface area (Å²) in [5, 5.41) is 3.41. The third-order valence-corrected chi connectivity index (χ3v) is 8.01. The molecule has 0 unspecified atom stereocenters. The van der Waals surface area contributed by atoms with Crippen molar-refractivity contribution in [3.8, 4) is 0 Å². The highest BCUT2D eigenvalue weighted by Gasteiger charge is 2.33. The van der Waals surface area contributed by atoms with E-state index in [0.29, 0.717) is 28.3 Å². The number of sulfonamides is 1. The first-order chi connectivity index (χ1) is 18.9. The van der Waals surface area contributed by atoms with Gasteiger partial charge in [0.25, 0.3) is 0 Å². The SMILES string of the molecule is CC[C@H](C)NC(=O)[C@H](Cc1ccccc1)N(Cc1ccc(F)cc1)C(=O)CN(c1ccc(Cl)cc1C)S(C)(=O)=O. The second-order valence-corrected chi connectivity index (χ2v) is 12.2. The fourth-order valence-electron chi connectivity index (χ4n) is 4.28. The zero-order valence-corrected chi connectivity index (χ0v) is 24.7. The Hall–Kier alpha value is -3.43. The van der Waals surface area contributed by atoms with Crippen LogP contribution in [0.15, 0.2) is 72.8 Å². The number of rotatable bonds is 12. The first-order valence-electron chi connectivity index (χ1n) is 13.0. The summed E-state index contributed by atoms with van der Waals surface area (Å²) in [6, 6.07) is 18.6. The van der Waals surface area contributed by atoms with Gasteiger partial charge in [0.05, 0.1) is 11.9 Å². The second kappa shape index (κ2) is 13.8. The number of aryl methyl sites for hydroxylation is 1. The molecule has 0 heterocycles. The van der Waals surface area contributed by atoms with Crippen LogP contribution < -0.4 is 9.62 Å². The van der Waals surface area contributed by atoms with Crippen molar-refractivity contribution in [2.45, 2.75) is 52.2 Å². The Balaban J connectivity index is 2.07. The first kappa shape index (κ1) is 31.1. The van der Waals surface area contributed by atoms with Crippen LogP contribution in [0.25, 0.3) is 0 Å². The van der Waals surface area contributed by atoms with Gasteiger partial charge in [-0.1, -0.05) is 61.0 Å². The quantitative estimate of drug-likeness (QED) is 0.319. The normalized spacial score (nSPS) is 12.8. The molecular formula is C30H35ClFN3O4S. The van der Waals surface area contributed by atoms with Crippen molar-refractivity contribution in [1.29, 1.82) is 0 Å². The minimum absolute atomic E-state index is 0.0261. The molecule has 214 valence electrons. The van der Waals surface area contributed by atoms with Crippen molar-refractivity contribution in [2.75, 3.05) is 17.1 Å². The molecule has 0 saturated carbocycles. The number of carbonyl (C=O) groups excluding carboxylic acids is 2. The Morgan fingerprint density at radius 2 is 1.65 bits per heavy atom. The third kappa shape index (κ3) is 8.53. The van der Waals surface area contributed by atoms with E-state index in [1.54, 1.807) is 37.3 Å². The van der Waals surface area contributed by atoms with Crippen LogP contribution >= 0.6 is 11.6 Å². The highest BCUT2D eigenvalue weighted by atomic mass is 35.5. The van der Waals surface area contributed by atoms with Gasteiger partial charge < -0.3 is 10.2 Å². The van der Waals surface area contributed by atoms with Crippen molar-refractivity contribution in [2.24, 2.45) is 0 Å². The maximum atomic E-state index is 14.1. The molecule has 0 aliphatic heterocycles. The summed E-state index contributed by atoms with van der Waals surface area (Å²) in [6.07, 6.45) is 1.91. The van der Waals surface area contributed by atoms with Gasteiger partial charge in [-0.3, -0.25) is 13.9 Å². The fourth-order valence-corrected chi connectivity index (χ4v) is 5.41. The van der Waals surface area contributed by atoms with Crippen LogP contribution in [0.1, 0.15) is 37.0 Å². The predicted molar refractivity (Wildman–Crippen MR) is 157 cm³/mol. The van der Waals surface area contributed by atoms with E-state index < -0.39 is 34.3 Å². The molecule has 0 aromatic heterocycles. The fraction of sp³-hybridized carbons (Fsp3) is 0.333. The molecule has 0 bridgehead atoms.